The van der Waals surface area contributed by atoms with Gasteiger partial charge >= 0.3 is 11.6 Å². The first-order valence-corrected chi connectivity index (χ1v) is 1.77. The number of hydrogen-bond acceptors (Lipinski definition) is 5. The summed E-state index contributed by atoms with van der Waals surface area (Å²) < 4.78 is 0. The molecule has 0 aliphatic carbocycles. The van der Waals surface area contributed by atoms with E-state index in [2.05, 4.69) is 10.1 Å². The summed E-state index contributed by atoms with van der Waals surface area (Å²) in [5, 5.41) is 25.6. The van der Waals surface area contributed by atoms with Crippen LogP contribution in [-0.2, 0) is 4.79 Å². The molecule has 0 aliphatic rings. The molecule has 1 amide bonds. The van der Waals surface area contributed by atoms with Gasteiger partial charge in [0, 0.05) is 0 Å². The topological polar surface area (TPSA) is 102 Å². The standard InChI is InChI=1S/C3N4O2/c4-1-2(7-9)3(8)6-5/p+1. The number of diazo groups is 1. The monoisotopic (exact) mass is 125 g/mol. The molecule has 1 N–H and O–H groups in total. The minimum atomic E-state index is -1.26. The van der Waals surface area contributed by atoms with Crippen molar-refractivity contribution in [3.63, 3.8) is 0 Å². The first-order valence-electron chi connectivity index (χ1n) is 1.77. The normalized spacial score (nSPS) is 9.33. The van der Waals surface area contributed by atoms with Crippen LogP contribution in [0.15, 0.2) is 5.16 Å². The highest BCUT2D eigenvalue weighted by Gasteiger charge is 2.24. The molecule has 0 spiro atoms. The van der Waals surface area contributed by atoms with Gasteiger partial charge in [0.15, 0.2) is 0 Å². The minimum Gasteiger partial charge on any atom is -0.409 e. The van der Waals surface area contributed by atoms with E-state index in [9.17, 15) is 4.79 Å². The first kappa shape index (κ1) is 7.05. The number of rotatable bonds is 1. The fraction of sp³-hybridized carbons (Fsp3) is 0. The van der Waals surface area contributed by atoms with Gasteiger partial charge in [-0.1, -0.05) is 5.16 Å². The zero-order chi connectivity index (χ0) is 7.28. The maximum absolute atomic E-state index is 10.0. The number of carbonyl (C=O) groups excluding carboxylic acids is 1. The lowest BCUT2D eigenvalue weighted by molar-refractivity contribution is -0.109. The molecule has 9 heavy (non-hydrogen) atoms. The van der Waals surface area contributed by atoms with Gasteiger partial charge in [-0.2, -0.15) is 10.1 Å². The van der Waals surface area contributed by atoms with Crippen molar-refractivity contribution in [3.8, 4) is 6.07 Å². The lowest BCUT2D eigenvalue weighted by Gasteiger charge is -1.67. The molecular weight excluding hydrogens is 124 g/mol. The molecule has 0 aromatic rings. The lowest BCUT2D eigenvalue weighted by atomic mass is 10.4. The van der Waals surface area contributed by atoms with E-state index < -0.39 is 11.6 Å². The molecule has 0 aromatic heterocycles. The fourth-order valence-electron chi connectivity index (χ4n) is 0.160. The van der Waals surface area contributed by atoms with Gasteiger partial charge in [0.25, 0.3) is 0 Å². The number of oxime groups is 1. The highest BCUT2D eigenvalue weighted by Crippen LogP contribution is 1.78. The van der Waals surface area contributed by atoms with Gasteiger partial charge < -0.3 is 5.21 Å². The molecule has 0 aliphatic heterocycles. The molecule has 0 heterocycles. The molecule has 0 bridgehead atoms. The Bertz CT molecular complexity index is 229. The van der Waals surface area contributed by atoms with Crippen molar-refractivity contribution < 1.29 is 10.0 Å². The summed E-state index contributed by atoms with van der Waals surface area (Å²) in [6, 6.07) is 1.20. The van der Waals surface area contributed by atoms with Crippen LogP contribution >= 0.6 is 0 Å². The molecule has 0 rings (SSSR count). The van der Waals surface area contributed by atoms with Crippen molar-refractivity contribution >= 4 is 11.6 Å². The fourth-order valence-corrected chi connectivity index (χ4v) is 0.160. The van der Waals surface area contributed by atoms with E-state index in [4.69, 9.17) is 15.9 Å². The van der Waals surface area contributed by atoms with Gasteiger partial charge in [0.05, 0.1) is 0 Å². The lowest BCUT2D eigenvalue weighted by Crippen LogP contribution is -2.05. The van der Waals surface area contributed by atoms with E-state index in [1.54, 1.807) is 0 Å². The summed E-state index contributed by atoms with van der Waals surface area (Å²) in [5.74, 6) is -1.26. The van der Waals surface area contributed by atoms with E-state index in [-0.39, 0.29) is 0 Å². The van der Waals surface area contributed by atoms with Gasteiger partial charge in [-0.3, -0.25) is 0 Å². The largest absolute Gasteiger partial charge is 0.626 e. The summed E-state index contributed by atoms with van der Waals surface area (Å²) in [5.41, 5.74) is -0.850. The Morgan fingerprint density at radius 2 is 2.33 bits per heavy atom. The van der Waals surface area contributed by atoms with Crippen LogP contribution in [0.1, 0.15) is 0 Å². The predicted octanol–water partition coefficient (Wildman–Crippen LogP) is -0.280. The molecule has 0 atom stereocenters. The number of hydrogen-bond donors (Lipinski definition) is 1. The Balaban J connectivity index is 4.44. The second kappa shape index (κ2) is 3.10. The number of amides is 1. The van der Waals surface area contributed by atoms with Crippen molar-refractivity contribution in [1.29, 1.82) is 10.7 Å². The summed E-state index contributed by atoms with van der Waals surface area (Å²) in [6.07, 6.45) is 0. The second-order valence-electron chi connectivity index (χ2n) is 0.966. The smallest absolute Gasteiger partial charge is 0.409 e. The Morgan fingerprint density at radius 1 is 1.78 bits per heavy atom. The summed E-state index contributed by atoms with van der Waals surface area (Å²) in [6.45, 7) is 0. The van der Waals surface area contributed by atoms with Crippen molar-refractivity contribution in [1.82, 2.24) is 0 Å². The summed E-state index contributed by atoms with van der Waals surface area (Å²) in [7, 11) is 0. The van der Waals surface area contributed by atoms with Gasteiger partial charge in [-0.15, -0.1) is 0 Å². The molecule has 0 saturated carbocycles. The first-order chi connectivity index (χ1) is 4.26. The molecule has 0 fully saturated rings. The maximum atomic E-state index is 10.0. The van der Waals surface area contributed by atoms with Crippen LogP contribution in [0.25, 0.3) is 4.98 Å². The summed E-state index contributed by atoms with van der Waals surface area (Å²) >= 11 is 0. The number of nitriles is 1. The Morgan fingerprint density at radius 3 is 2.44 bits per heavy atom. The van der Waals surface area contributed by atoms with E-state index in [0.29, 0.717) is 0 Å². The van der Waals surface area contributed by atoms with Gasteiger partial charge in [-0.25, -0.2) is 0 Å². The molecule has 6 nitrogen and oxygen atoms in total. The highest BCUT2D eigenvalue weighted by atomic mass is 16.4. The van der Waals surface area contributed by atoms with Gasteiger partial charge in [-0.05, 0) is 0 Å². The molecule has 0 radical (unpaired) electrons. The molecule has 0 aromatic carbocycles. The average molecular weight is 125 g/mol. The van der Waals surface area contributed by atoms with Crippen molar-refractivity contribution in [2.24, 2.45) is 5.16 Å². The van der Waals surface area contributed by atoms with Crippen LogP contribution in [0.5, 0.6) is 0 Å². The summed E-state index contributed by atoms with van der Waals surface area (Å²) in [4.78, 5) is 12.1. The third-order valence-electron chi connectivity index (χ3n) is 0.499. The van der Waals surface area contributed by atoms with Crippen molar-refractivity contribution in [3.05, 3.63) is 4.98 Å². The Hall–Kier alpha value is -1.95. The van der Waals surface area contributed by atoms with E-state index in [0.717, 1.165) is 0 Å². The van der Waals surface area contributed by atoms with Crippen LogP contribution in [0.3, 0.4) is 0 Å². The number of carbonyl (C=O) groups is 1. The van der Waals surface area contributed by atoms with Crippen LogP contribution < -0.4 is 0 Å². The molecule has 6 heteroatoms. The zero-order valence-electron chi connectivity index (χ0n) is 4.14. The van der Waals surface area contributed by atoms with E-state index in [1.807, 2.05) is 0 Å². The van der Waals surface area contributed by atoms with Crippen LogP contribution in [-0.4, -0.2) is 16.8 Å². The van der Waals surface area contributed by atoms with Crippen LogP contribution in [0, 0.1) is 16.7 Å². The molecule has 0 saturated heterocycles. The van der Waals surface area contributed by atoms with Crippen molar-refractivity contribution in [2.75, 3.05) is 0 Å². The van der Waals surface area contributed by atoms with Crippen LogP contribution in [0.4, 0.5) is 0 Å². The SMILES string of the molecule is N#CC(=NO)C(=O)[N+]#N. The van der Waals surface area contributed by atoms with Gasteiger partial charge in [0.2, 0.25) is 10.4 Å². The van der Waals surface area contributed by atoms with Gasteiger partial charge in [0.1, 0.15) is 6.07 Å². The molecule has 0 unspecified atom stereocenters. The predicted molar refractivity (Wildman–Crippen MR) is 24.9 cm³/mol. The van der Waals surface area contributed by atoms with Crippen LogP contribution in [0.2, 0.25) is 0 Å². The second-order valence-corrected chi connectivity index (χ2v) is 0.966. The maximum Gasteiger partial charge on any atom is 0.626 e. The molecular formula is C3HN4O2+. The van der Waals surface area contributed by atoms with E-state index in [1.165, 1.54) is 6.07 Å². The third kappa shape index (κ3) is 1.53. The minimum absolute atomic E-state index is 0.850. The van der Waals surface area contributed by atoms with Crippen molar-refractivity contribution in [2.45, 2.75) is 0 Å². The highest BCUT2D eigenvalue weighted by molar-refractivity contribution is 6.48. The molecule has 44 valence electrons. The third-order valence-corrected chi connectivity index (χ3v) is 0.499. The zero-order valence-corrected chi connectivity index (χ0v) is 4.14. The van der Waals surface area contributed by atoms with E-state index >= 15 is 0 Å². The Kier molecular flexibility index (Phi) is 2.43. The average Bonchev–Trinajstić information content (AvgIpc) is 1.90. The quantitative estimate of drug-likeness (QED) is 0.225. The number of nitrogens with zero attached hydrogens (tertiary/aromatic N) is 4. The Labute approximate surface area is 49.6 Å².